The molecule has 5 nitrogen and oxygen atoms in total. The molecule has 1 aliphatic rings. The van der Waals surface area contributed by atoms with Gasteiger partial charge in [-0.15, -0.1) is 0 Å². The molecule has 1 saturated carbocycles. The second-order valence-corrected chi connectivity index (χ2v) is 5.10. The lowest BCUT2D eigenvalue weighted by atomic mass is 9.95. The number of aromatic nitrogens is 2. The first-order chi connectivity index (χ1) is 9.18. The molecule has 0 atom stereocenters. The number of para-hydroxylation sites is 1. The summed E-state index contributed by atoms with van der Waals surface area (Å²) >= 11 is 0. The van der Waals surface area contributed by atoms with Gasteiger partial charge in [0.1, 0.15) is 0 Å². The molecule has 0 unspecified atom stereocenters. The number of fused-ring (bicyclic) bond motifs is 1. The maximum absolute atomic E-state index is 12.1. The number of aromatic amines is 1. The number of hydrogen-bond donors (Lipinski definition) is 2. The summed E-state index contributed by atoms with van der Waals surface area (Å²) < 4.78 is 1.74. The second kappa shape index (κ2) is 4.57. The number of carboxylic acids is 1. The van der Waals surface area contributed by atoms with Crippen LogP contribution in [-0.2, 0) is 0 Å². The number of nitrogens with zero attached hydrogens (tertiary/aromatic N) is 1. The minimum absolute atomic E-state index is 0.157. The third-order valence-electron chi connectivity index (χ3n) is 3.92. The SMILES string of the molecule is O=C(O)c1cccc2c1[nH]c(=O)n2C1CCCCC1. The van der Waals surface area contributed by atoms with Gasteiger partial charge in [0.15, 0.2) is 0 Å². The number of hydrogen-bond acceptors (Lipinski definition) is 2. The van der Waals surface area contributed by atoms with Crippen molar-refractivity contribution in [1.29, 1.82) is 0 Å². The van der Waals surface area contributed by atoms with Crippen molar-refractivity contribution in [3.63, 3.8) is 0 Å². The van der Waals surface area contributed by atoms with Crippen molar-refractivity contribution in [2.75, 3.05) is 0 Å². The number of carbonyl (C=O) groups is 1. The van der Waals surface area contributed by atoms with Gasteiger partial charge in [-0.05, 0) is 25.0 Å². The van der Waals surface area contributed by atoms with E-state index in [1.54, 1.807) is 10.6 Å². The molecule has 1 fully saturated rings. The Morgan fingerprint density at radius 1 is 1.26 bits per heavy atom. The second-order valence-electron chi connectivity index (χ2n) is 5.10. The number of aromatic carboxylic acids is 1. The summed E-state index contributed by atoms with van der Waals surface area (Å²) in [7, 11) is 0. The molecular formula is C14H16N2O3. The predicted molar refractivity (Wildman–Crippen MR) is 71.6 cm³/mol. The van der Waals surface area contributed by atoms with Gasteiger partial charge in [-0.2, -0.15) is 0 Å². The normalized spacial score (nSPS) is 16.8. The highest BCUT2D eigenvalue weighted by atomic mass is 16.4. The standard InChI is InChI=1S/C14H16N2O3/c17-13(18)10-7-4-8-11-12(10)15-14(19)16(11)9-5-2-1-3-6-9/h4,7-9H,1-3,5-6H2,(H,15,19)(H,17,18). The van der Waals surface area contributed by atoms with Crippen LogP contribution in [0.3, 0.4) is 0 Å². The Morgan fingerprint density at radius 2 is 2.00 bits per heavy atom. The molecule has 3 rings (SSSR count). The van der Waals surface area contributed by atoms with E-state index < -0.39 is 5.97 Å². The van der Waals surface area contributed by atoms with Gasteiger partial charge in [-0.25, -0.2) is 9.59 Å². The Bertz CT molecular complexity index is 678. The van der Waals surface area contributed by atoms with Gasteiger partial charge < -0.3 is 10.1 Å². The Hall–Kier alpha value is -2.04. The molecule has 5 heteroatoms. The zero-order valence-corrected chi connectivity index (χ0v) is 10.6. The van der Waals surface area contributed by atoms with E-state index in [1.165, 1.54) is 12.5 Å². The van der Waals surface area contributed by atoms with E-state index in [-0.39, 0.29) is 17.3 Å². The van der Waals surface area contributed by atoms with E-state index in [4.69, 9.17) is 5.11 Å². The van der Waals surface area contributed by atoms with E-state index in [1.807, 2.05) is 6.07 Å². The van der Waals surface area contributed by atoms with Gasteiger partial charge in [-0.1, -0.05) is 25.3 Å². The predicted octanol–water partition coefficient (Wildman–Crippen LogP) is 2.53. The maximum atomic E-state index is 12.1. The largest absolute Gasteiger partial charge is 0.478 e. The zero-order valence-electron chi connectivity index (χ0n) is 10.6. The van der Waals surface area contributed by atoms with E-state index >= 15 is 0 Å². The summed E-state index contributed by atoms with van der Waals surface area (Å²) in [5, 5.41) is 9.16. The highest BCUT2D eigenvalue weighted by molar-refractivity contribution is 6.00. The summed E-state index contributed by atoms with van der Waals surface area (Å²) in [6.45, 7) is 0. The van der Waals surface area contributed by atoms with Crippen LogP contribution in [-0.4, -0.2) is 20.6 Å². The molecule has 1 aliphatic carbocycles. The maximum Gasteiger partial charge on any atom is 0.337 e. The van der Waals surface area contributed by atoms with Crippen molar-refractivity contribution >= 4 is 17.0 Å². The van der Waals surface area contributed by atoms with Crippen LogP contribution in [0.2, 0.25) is 0 Å². The van der Waals surface area contributed by atoms with Crippen LogP contribution < -0.4 is 5.69 Å². The van der Waals surface area contributed by atoms with Gasteiger partial charge in [0, 0.05) is 6.04 Å². The van der Waals surface area contributed by atoms with Crippen LogP contribution in [0.4, 0.5) is 0 Å². The van der Waals surface area contributed by atoms with Crippen molar-refractivity contribution in [2.24, 2.45) is 0 Å². The third-order valence-corrected chi connectivity index (χ3v) is 3.92. The minimum Gasteiger partial charge on any atom is -0.478 e. The lowest BCUT2D eigenvalue weighted by molar-refractivity contribution is 0.0699. The lowest BCUT2D eigenvalue weighted by Crippen LogP contribution is -2.23. The van der Waals surface area contributed by atoms with Crippen molar-refractivity contribution in [1.82, 2.24) is 9.55 Å². The highest BCUT2D eigenvalue weighted by Crippen LogP contribution is 2.29. The van der Waals surface area contributed by atoms with E-state index in [0.717, 1.165) is 25.7 Å². The number of rotatable bonds is 2. The Labute approximate surface area is 109 Å². The van der Waals surface area contributed by atoms with Gasteiger partial charge >= 0.3 is 11.7 Å². The average Bonchev–Trinajstić information content (AvgIpc) is 2.75. The molecule has 0 amide bonds. The van der Waals surface area contributed by atoms with Crippen LogP contribution in [0.1, 0.15) is 48.5 Å². The Kier molecular flexibility index (Phi) is 2.89. The fourth-order valence-corrected chi connectivity index (χ4v) is 3.03. The Morgan fingerprint density at radius 3 is 2.68 bits per heavy atom. The molecule has 2 aromatic rings. The van der Waals surface area contributed by atoms with E-state index in [0.29, 0.717) is 11.0 Å². The zero-order chi connectivity index (χ0) is 13.4. The van der Waals surface area contributed by atoms with Gasteiger partial charge in [-0.3, -0.25) is 4.57 Å². The molecule has 0 spiro atoms. The minimum atomic E-state index is -1.01. The summed E-state index contributed by atoms with van der Waals surface area (Å²) in [4.78, 5) is 26.0. The molecule has 2 N–H and O–H groups in total. The average molecular weight is 260 g/mol. The Balaban J connectivity index is 2.20. The molecular weight excluding hydrogens is 244 g/mol. The number of H-pyrrole nitrogens is 1. The summed E-state index contributed by atoms with van der Waals surface area (Å²) in [5.41, 5.74) is 1.10. The first kappa shape index (κ1) is 12.0. The molecule has 0 radical (unpaired) electrons. The molecule has 19 heavy (non-hydrogen) atoms. The van der Waals surface area contributed by atoms with Crippen LogP contribution in [0.25, 0.3) is 11.0 Å². The summed E-state index contributed by atoms with van der Waals surface area (Å²) in [6, 6.07) is 5.22. The first-order valence-corrected chi connectivity index (χ1v) is 6.65. The summed E-state index contributed by atoms with van der Waals surface area (Å²) in [6.07, 6.45) is 5.45. The third kappa shape index (κ3) is 1.95. The van der Waals surface area contributed by atoms with Crippen LogP contribution in [0, 0.1) is 0 Å². The van der Waals surface area contributed by atoms with E-state index in [2.05, 4.69) is 4.98 Å². The fraction of sp³-hybridized carbons (Fsp3) is 0.429. The molecule has 0 aliphatic heterocycles. The molecule has 0 bridgehead atoms. The number of benzene rings is 1. The quantitative estimate of drug-likeness (QED) is 0.871. The van der Waals surface area contributed by atoms with Gasteiger partial charge in [0.2, 0.25) is 0 Å². The number of carboxylic acid groups (broad SMARTS) is 1. The van der Waals surface area contributed by atoms with E-state index in [9.17, 15) is 9.59 Å². The van der Waals surface area contributed by atoms with Crippen molar-refractivity contribution < 1.29 is 9.90 Å². The van der Waals surface area contributed by atoms with Crippen molar-refractivity contribution in [2.45, 2.75) is 38.1 Å². The number of imidazole rings is 1. The van der Waals surface area contributed by atoms with Gasteiger partial charge in [0.25, 0.3) is 0 Å². The first-order valence-electron chi connectivity index (χ1n) is 6.65. The molecule has 0 saturated heterocycles. The van der Waals surface area contributed by atoms with Crippen molar-refractivity contribution in [3.05, 3.63) is 34.2 Å². The topological polar surface area (TPSA) is 75.1 Å². The molecule has 100 valence electrons. The smallest absolute Gasteiger partial charge is 0.337 e. The van der Waals surface area contributed by atoms with Crippen LogP contribution in [0.5, 0.6) is 0 Å². The van der Waals surface area contributed by atoms with Gasteiger partial charge in [0.05, 0.1) is 16.6 Å². The molecule has 1 aromatic carbocycles. The fourth-order valence-electron chi connectivity index (χ4n) is 3.03. The molecule has 1 aromatic heterocycles. The lowest BCUT2D eigenvalue weighted by Gasteiger charge is -2.22. The van der Waals surface area contributed by atoms with Crippen LogP contribution >= 0.6 is 0 Å². The van der Waals surface area contributed by atoms with Crippen molar-refractivity contribution in [3.8, 4) is 0 Å². The van der Waals surface area contributed by atoms with Crippen LogP contribution in [0.15, 0.2) is 23.0 Å². The number of nitrogens with one attached hydrogen (secondary N) is 1. The molecule has 1 heterocycles. The monoisotopic (exact) mass is 260 g/mol. The highest BCUT2D eigenvalue weighted by Gasteiger charge is 2.21. The summed E-state index contributed by atoms with van der Waals surface area (Å²) in [5.74, 6) is -1.01.